The highest BCUT2D eigenvalue weighted by Gasteiger charge is 2.27. The molecule has 0 radical (unpaired) electrons. The number of pyridine rings is 1. The summed E-state index contributed by atoms with van der Waals surface area (Å²) in [6, 6.07) is 4.42. The number of carbonyl (C=O) groups is 1. The third-order valence-electron chi connectivity index (χ3n) is 7.21. The van der Waals surface area contributed by atoms with Crippen molar-refractivity contribution in [3.05, 3.63) is 60.8 Å². The molecule has 2 aliphatic rings. The Morgan fingerprint density at radius 3 is 2.71 bits per heavy atom. The monoisotopic (exact) mass is 512 g/mol. The van der Waals surface area contributed by atoms with Crippen molar-refractivity contribution >= 4 is 22.8 Å². The molecule has 2 saturated heterocycles. The number of rotatable bonds is 6. The van der Waals surface area contributed by atoms with Gasteiger partial charge in [-0.05, 0) is 38.7 Å². The van der Waals surface area contributed by atoms with E-state index in [0.717, 1.165) is 66.9 Å². The van der Waals surface area contributed by atoms with Gasteiger partial charge in [0.25, 0.3) is 0 Å². The highest BCUT2D eigenvalue weighted by Crippen LogP contribution is 2.30. The zero-order valence-electron chi connectivity index (χ0n) is 21.8. The van der Waals surface area contributed by atoms with Crippen LogP contribution in [0.5, 0.6) is 0 Å². The zero-order chi connectivity index (χ0) is 26.6. The van der Waals surface area contributed by atoms with Gasteiger partial charge in [0.05, 0.1) is 23.5 Å². The molecule has 0 spiro atoms. The Balaban J connectivity index is 1.35. The summed E-state index contributed by atoms with van der Waals surface area (Å²) in [6.45, 7) is 8.30. The van der Waals surface area contributed by atoms with Gasteiger partial charge in [0.15, 0.2) is 0 Å². The van der Waals surface area contributed by atoms with Crippen LogP contribution in [0, 0.1) is 11.3 Å². The molecule has 5 heterocycles. The number of aryl methyl sites for hydroxylation is 1. The van der Waals surface area contributed by atoms with Crippen LogP contribution in [0.3, 0.4) is 0 Å². The van der Waals surface area contributed by atoms with Gasteiger partial charge in [-0.15, -0.1) is 0 Å². The van der Waals surface area contributed by atoms with Crippen LogP contribution in [0.25, 0.3) is 22.2 Å². The fraction of sp³-hybridized carbons (Fsp3) is 0.393. The first-order valence-corrected chi connectivity index (χ1v) is 12.9. The largest absolute Gasteiger partial charge is 0.368 e. The van der Waals surface area contributed by atoms with Gasteiger partial charge >= 0.3 is 0 Å². The van der Waals surface area contributed by atoms with E-state index in [2.05, 4.69) is 33.1 Å². The lowest BCUT2D eigenvalue weighted by atomic mass is 10.0. The number of nitrogens with one attached hydrogen (secondary N) is 1. The summed E-state index contributed by atoms with van der Waals surface area (Å²) < 4.78 is 8.97. The van der Waals surface area contributed by atoms with E-state index in [1.54, 1.807) is 33.9 Å². The summed E-state index contributed by atoms with van der Waals surface area (Å²) in [5.74, 6) is 0.906. The molecule has 0 aliphatic carbocycles. The Bertz CT molecular complexity index is 1440. The number of nitrogens with zero attached hydrogens (tertiary/aromatic N) is 7. The van der Waals surface area contributed by atoms with Crippen LogP contribution in [0.1, 0.15) is 43.7 Å². The lowest BCUT2D eigenvalue weighted by molar-refractivity contribution is -0.131. The van der Waals surface area contributed by atoms with E-state index >= 15 is 0 Å². The van der Waals surface area contributed by atoms with Gasteiger partial charge in [0, 0.05) is 73.6 Å². The Labute approximate surface area is 221 Å². The maximum absolute atomic E-state index is 12.4. The number of carbonyl (C=O) groups excluding carboxylic acids is 1. The summed E-state index contributed by atoms with van der Waals surface area (Å²) in [5, 5.41) is 21.5. The number of amides is 1. The van der Waals surface area contributed by atoms with E-state index in [4.69, 9.17) is 9.73 Å². The third kappa shape index (κ3) is 5.24. The van der Waals surface area contributed by atoms with Crippen LogP contribution in [0.2, 0.25) is 0 Å². The van der Waals surface area contributed by atoms with Gasteiger partial charge in [-0.3, -0.25) is 9.48 Å². The van der Waals surface area contributed by atoms with Crippen molar-refractivity contribution in [1.82, 2.24) is 29.6 Å². The fourth-order valence-corrected chi connectivity index (χ4v) is 5.05. The first-order valence-electron chi connectivity index (χ1n) is 12.9. The van der Waals surface area contributed by atoms with Crippen molar-refractivity contribution in [2.75, 3.05) is 19.7 Å². The van der Waals surface area contributed by atoms with Gasteiger partial charge in [0.2, 0.25) is 5.91 Å². The first-order chi connectivity index (χ1) is 18.5. The van der Waals surface area contributed by atoms with Crippen LogP contribution in [-0.4, -0.2) is 67.9 Å². The molecule has 0 saturated carbocycles. The molecular weight excluding hydrogens is 480 g/mol. The molecule has 10 nitrogen and oxygen atoms in total. The maximum Gasteiger partial charge on any atom is 0.249 e. The van der Waals surface area contributed by atoms with Crippen LogP contribution in [-0.2, 0) is 16.6 Å². The SMILES string of the molecule is C=C/C(=C\N=C(C)N1CCC(NC(=O)[C@@H]2CCCO2)CC1)c1cc(-c2cnn(C)c2)cn2ncc(C#N)c12. The summed E-state index contributed by atoms with van der Waals surface area (Å²) in [6.07, 6.45) is 13.9. The maximum atomic E-state index is 12.4. The first kappa shape index (κ1) is 25.4. The van der Waals surface area contributed by atoms with Gasteiger partial charge in [-0.1, -0.05) is 12.7 Å². The number of hydrogen-bond donors (Lipinski definition) is 1. The van der Waals surface area contributed by atoms with Crippen LogP contribution < -0.4 is 5.32 Å². The number of nitriles is 1. The van der Waals surface area contributed by atoms with Crippen LogP contribution >= 0.6 is 0 Å². The van der Waals surface area contributed by atoms with E-state index in [0.29, 0.717) is 17.7 Å². The minimum Gasteiger partial charge on any atom is -0.368 e. The highest BCUT2D eigenvalue weighted by atomic mass is 16.5. The second-order valence-electron chi connectivity index (χ2n) is 9.74. The predicted octanol–water partition coefficient (Wildman–Crippen LogP) is 3.31. The molecule has 0 unspecified atom stereocenters. The Hall–Kier alpha value is -4.23. The van der Waals surface area contributed by atoms with Crippen molar-refractivity contribution in [2.24, 2.45) is 12.0 Å². The van der Waals surface area contributed by atoms with Crippen molar-refractivity contribution in [3.63, 3.8) is 0 Å². The number of piperidine rings is 1. The van der Waals surface area contributed by atoms with E-state index in [9.17, 15) is 10.1 Å². The lowest BCUT2D eigenvalue weighted by Crippen LogP contribution is -2.48. The molecule has 2 aliphatic heterocycles. The molecule has 38 heavy (non-hydrogen) atoms. The minimum absolute atomic E-state index is 0.0151. The number of aliphatic imine (C=N–C) groups is 1. The van der Waals surface area contributed by atoms with Gasteiger partial charge in [-0.25, -0.2) is 9.51 Å². The number of ether oxygens (including phenoxy) is 1. The zero-order valence-corrected chi connectivity index (χ0v) is 21.8. The molecule has 5 rings (SSSR count). The normalized spacial score (nSPS) is 19.1. The summed E-state index contributed by atoms with van der Waals surface area (Å²) in [5.41, 5.74) is 4.68. The van der Waals surface area contributed by atoms with E-state index in [-0.39, 0.29) is 18.1 Å². The third-order valence-corrected chi connectivity index (χ3v) is 7.21. The van der Waals surface area contributed by atoms with Gasteiger partial charge < -0.3 is 15.0 Å². The molecule has 1 amide bonds. The standard InChI is InChI=1S/C28H32N8O2/c1-4-20(14-30-19(2)35-9-7-24(8-10-35)33-28(37)26-6-5-11-38-26)25-12-21(23-16-31-34(3)17-23)18-36-27(25)22(13-29)15-32-36/h4,12,14-18,24,26H,1,5-11H2,2-3H3,(H,33,37)/b20-14+,30-19?/t26-/m0/s1. The molecule has 0 bridgehead atoms. The summed E-state index contributed by atoms with van der Waals surface area (Å²) in [4.78, 5) is 19.4. The molecule has 3 aromatic rings. The van der Waals surface area contributed by atoms with Gasteiger partial charge in [-0.2, -0.15) is 15.5 Å². The Kier molecular flexibility index (Phi) is 7.38. The molecule has 3 aromatic heterocycles. The number of hydrogen-bond acceptors (Lipinski definition) is 6. The number of allylic oxidation sites excluding steroid dienone is 2. The second-order valence-corrected chi connectivity index (χ2v) is 9.74. The topological polar surface area (TPSA) is 113 Å². The lowest BCUT2D eigenvalue weighted by Gasteiger charge is -2.33. The van der Waals surface area contributed by atoms with Crippen LogP contribution in [0.15, 0.2) is 54.7 Å². The molecule has 1 N–H and O–H groups in total. The highest BCUT2D eigenvalue weighted by molar-refractivity contribution is 5.90. The van der Waals surface area contributed by atoms with Crippen molar-refractivity contribution < 1.29 is 9.53 Å². The van der Waals surface area contributed by atoms with Crippen molar-refractivity contribution in [3.8, 4) is 17.2 Å². The molecule has 0 aromatic carbocycles. The minimum atomic E-state index is -0.292. The Morgan fingerprint density at radius 2 is 2.05 bits per heavy atom. The second kappa shape index (κ2) is 11.0. The summed E-state index contributed by atoms with van der Waals surface area (Å²) >= 11 is 0. The van der Waals surface area contributed by atoms with E-state index in [1.165, 1.54) is 0 Å². The number of aromatic nitrogens is 4. The average Bonchev–Trinajstić information content (AvgIpc) is 3.70. The fourth-order valence-electron chi connectivity index (χ4n) is 5.05. The molecule has 2 fully saturated rings. The Morgan fingerprint density at radius 1 is 1.24 bits per heavy atom. The molecule has 1 atom stereocenters. The van der Waals surface area contributed by atoms with Gasteiger partial charge in [0.1, 0.15) is 18.0 Å². The smallest absolute Gasteiger partial charge is 0.249 e. The molecular formula is C28H32N8O2. The van der Waals surface area contributed by atoms with E-state index < -0.39 is 0 Å². The van der Waals surface area contributed by atoms with Crippen LogP contribution in [0.4, 0.5) is 0 Å². The quantitative estimate of drug-likeness (QED) is 0.308. The van der Waals surface area contributed by atoms with E-state index in [1.807, 2.05) is 32.4 Å². The van der Waals surface area contributed by atoms with Crippen molar-refractivity contribution in [2.45, 2.75) is 44.8 Å². The van der Waals surface area contributed by atoms with Crippen molar-refractivity contribution in [1.29, 1.82) is 5.26 Å². The number of likely N-dealkylation sites (tertiary alicyclic amines) is 1. The summed E-state index contributed by atoms with van der Waals surface area (Å²) in [7, 11) is 1.87. The molecule has 10 heteroatoms. The average molecular weight is 513 g/mol. The number of amidine groups is 1. The molecule has 196 valence electrons. The number of fused-ring (bicyclic) bond motifs is 1. The predicted molar refractivity (Wildman–Crippen MR) is 145 cm³/mol.